The van der Waals surface area contributed by atoms with Crippen LogP contribution in [0.15, 0.2) is 50.5 Å². The summed E-state index contributed by atoms with van der Waals surface area (Å²) in [5.41, 5.74) is 0.443. The minimum atomic E-state index is -3.24. The molecule has 0 unspecified atom stereocenters. The van der Waals surface area contributed by atoms with Crippen LogP contribution in [-0.2, 0) is 21.2 Å². The second-order valence-corrected chi connectivity index (χ2v) is 6.37. The zero-order chi connectivity index (χ0) is 14.8. The monoisotopic (exact) mass is 294 g/mol. The van der Waals surface area contributed by atoms with E-state index in [0.717, 1.165) is 6.26 Å². The third-order valence-electron chi connectivity index (χ3n) is 2.67. The first kappa shape index (κ1) is 14.5. The number of hydrogen-bond acceptors (Lipinski definition) is 5. The molecule has 2 aromatic rings. The van der Waals surface area contributed by atoms with Gasteiger partial charge in [-0.2, -0.15) is 0 Å². The Morgan fingerprint density at radius 3 is 2.35 bits per heavy atom. The highest BCUT2D eigenvalue weighted by Gasteiger charge is 2.09. The van der Waals surface area contributed by atoms with Crippen molar-refractivity contribution in [3.8, 4) is 11.3 Å². The third kappa shape index (κ3) is 3.34. The molecule has 0 N–H and O–H groups in total. The van der Waals surface area contributed by atoms with Crippen molar-refractivity contribution >= 4 is 9.84 Å². The van der Waals surface area contributed by atoms with Gasteiger partial charge in [0.2, 0.25) is 0 Å². The Balaban J connectivity index is 2.44. The first-order chi connectivity index (χ1) is 9.40. The van der Waals surface area contributed by atoms with Crippen LogP contribution in [0.1, 0.15) is 5.76 Å². The van der Waals surface area contributed by atoms with E-state index in [9.17, 15) is 13.2 Å². The number of benzene rings is 1. The second kappa shape index (κ2) is 5.60. The fourth-order valence-electron chi connectivity index (χ4n) is 1.75. The first-order valence-electron chi connectivity index (χ1n) is 5.83. The SMILES string of the molecule is COCc1cc(=O)cc(-c2ccc(S(C)(=O)=O)cc2)o1. The maximum atomic E-state index is 11.6. The zero-order valence-corrected chi connectivity index (χ0v) is 11.9. The number of rotatable bonds is 4. The molecule has 0 saturated heterocycles. The maximum absolute atomic E-state index is 11.6. The molecule has 1 heterocycles. The molecule has 0 saturated carbocycles. The van der Waals surface area contributed by atoms with E-state index in [0.29, 0.717) is 17.1 Å². The van der Waals surface area contributed by atoms with Crippen molar-refractivity contribution in [1.82, 2.24) is 0 Å². The van der Waals surface area contributed by atoms with Crippen LogP contribution in [0.25, 0.3) is 11.3 Å². The predicted octanol–water partition coefficient (Wildman–Crippen LogP) is 1.86. The van der Waals surface area contributed by atoms with Gasteiger partial charge in [0.15, 0.2) is 15.3 Å². The van der Waals surface area contributed by atoms with Gasteiger partial charge in [0, 0.05) is 31.1 Å². The second-order valence-electron chi connectivity index (χ2n) is 4.35. The highest BCUT2D eigenvalue weighted by molar-refractivity contribution is 7.90. The first-order valence-corrected chi connectivity index (χ1v) is 7.73. The molecule has 0 aliphatic heterocycles. The van der Waals surface area contributed by atoms with Gasteiger partial charge in [-0.3, -0.25) is 4.79 Å². The van der Waals surface area contributed by atoms with Crippen molar-refractivity contribution in [3.05, 3.63) is 52.4 Å². The van der Waals surface area contributed by atoms with E-state index in [1.807, 2.05) is 0 Å². The highest BCUT2D eigenvalue weighted by atomic mass is 32.2. The Kier molecular flexibility index (Phi) is 4.06. The van der Waals surface area contributed by atoms with E-state index < -0.39 is 9.84 Å². The summed E-state index contributed by atoms with van der Waals surface area (Å²) in [4.78, 5) is 11.8. The van der Waals surface area contributed by atoms with Gasteiger partial charge in [0.25, 0.3) is 0 Å². The van der Waals surface area contributed by atoms with Crippen LogP contribution in [-0.4, -0.2) is 21.8 Å². The van der Waals surface area contributed by atoms with Crippen LogP contribution in [0.5, 0.6) is 0 Å². The van der Waals surface area contributed by atoms with E-state index in [1.165, 1.54) is 31.4 Å². The number of ether oxygens (including phenoxy) is 1. The Bertz CT molecular complexity index is 757. The number of sulfone groups is 1. The molecule has 0 aliphatic carbocycles. The van der Waals surface area contributed by atoms with Crippen molar-refractivity contribution in [2.75, 3.05) is 13.4 Å². The van der Waals surface area contributed by atoms with Gasteiger partial charge in [-0.15, -0.1) is 0 Å². The summed E-state index contributed by atoms with van der Waals surface area (Å²) < 4.78 is 33.2. The van der Waals surface area contributed by atoms with Crippen LogP contribution in [0, 0.1) is 0 Å². The van der Waals surface area contributed by atoms with Crippen molar-refractivity contribution in [2.24, 2.45) is 0 Å². The largest absolute Gasteiger partial charge is 0.458 e. The molecule has 106 valence electrons. The Hall–Kier alpha value is -1.92. The molecule has 6 heteroatoms. The summed E-state index contributed by atoms with van der Waals surface area (Å²) in [7, 11) is -1.73. The Morgan fingerprint density at radius 1 is 1.15 bits per heavy atom. The summed E-state index contributed by atoms with van der Waals surface area (Å²) >= 11 is 0. The Labute approximate surface area is 116 Å². The summed E-state index contributed by atoms with van der Waals surface area (Å²) in [6, 6.07) is 8.88. The van der Waals surface area contributed by atoms with E-state index in [4.69, 9.17) is 9.15 Å². The molecule has 0 atom stereocenters. The predicted molar refractivity (Wildman–Crippen MR) is 74.2 cm³/mol. The van der Waals surface area contributed by atoms with Crippen molar-refractivity contribution < 1.29 is 17.6 Å². The molecule has 0 radical (unpaired) electrons. The lowest BCUT2D eigenvalue weighted by Crippen LogP contribution is -2.02. The van der Waals surface area contributed by atoms with Crippen LogP contribution >= 0.6 is 0 Å². The fourth-order valence-corrected chi connectivity index (χ4v) is 2.38. The maximum Gasteiger partial charge on any atom is 0.185 e. The smallest absolute Gasteiger partial charge is 0.185 e. The quantitative estimate of drug-likeness (QED) is 0.860. The van der Waals surface area contributed by atoms with Gasteiger partial charge in [-0.25, -0.2) is 8.42 Å². The van der Waals surface area contributed by atoms with E-state index in [2.05, 4.69) is 0 Å². The molecular formula is C14H14O5S. The van der Waals surface area contributed by atoms with Gasteiger partial charge < -0.3 is 9.15 Å². The molecule has 1 aromatic heterocycles. The average molecular weight is 294 g/mol. The molecule has 1 aromatic carbocycles. The lowest BCUT2D eigenvalue weighted by atomic mass is 10.1. The third-order valence-corrected chi connectivity index (χ3v) is 3.80. The molecule has 2 rings (SSSR count). The van der Waals surface area contributed by atoms with E-state index in [-0.39, 0.29) is 16.9 Å². The van der Waals surface area contributed by atoms with Crippen LogP contribution in [0.3, 0.4) is 0 Å². The van der Waals surface area contributed by atoms with Crippen molar-refractivity contribution in [2.45, 2.75) is 11.5 Å². The average Bonchev–Trinajstić information content (AvgIpc) is 2.37. The normalized spacial score (nSPS) is 11.5. The van der Waals surface area contributed by atoms with Gasteiger partial charge in [0.05, 0.1) is 4.90 Å². The summed E-state index contributed by atoms with van der Waals surface area (Å²) in [6.45, 7) is 0.199. The molecular weight excluding hydrogens is 280 g/mol. The molecule has 0 amide bonds. The zero-order valence-electron chi connectivity index (χ0n) is 11.1. The van der Waals surface area contributed by atoms with Crippen LogP contribution < -0.4 is 5.43 Å². The van der Waals surface area contributed by atoms with E-state index >= 15 is 0 Å². The molecule has 0 aliphatic rings. The minimum Gasteiger partial charge on any atom is -0.458 e. The minimum absolute atomic E-state index is 0.189. The van der Waals surface area contributed by atoms with Gasteiger partial charge in [-0.05, 0) is 24.3 Å². The molecule has 5 nitrogen and oxygen atoms in total. The lowest BCUT2D eigenvalue weighted by Gasteiger charge is -2.05. The van der Waals surface area contributed by atoms with Gasteiger partial charge in [0.1, 0.15) is 18.1 Å². The summed E-state index contributed by atoms with van der Waals surface area (Å²) in [5.74, 6) is 0.798. The molecule has 0 bridgehead atoms. The summed E-state index contributed by atoms with van der Waals surface area (Å²) in [6.07, 6.45) is 1.14. The van der Waals surface area contributed by atoms with Crippen LogP contribution in [0.2, 0.25) is 0 Å². The fraction of sp³-hybridized carbons (Fsp3) is 0.214. The van der Waals surface area contributed by atoms with E-state index in [1.54, 1.807) is 12.1 Å². The Morgan fingerprint density at radius 2 is 1.80 bits per heavy atom. The van der Waals surface area contributed by atoms with Crippen LogP contribution in [0.4, 0.5) is 0 Å². The lowest BCUT2D eigenvalue weighted by molar-refractivity contribution is 0.163. The van der Waals surface area contributed by atoms with Gasteiger partial charge >= 0.3 is 0 Å². The topological polar surface area (TPSA) is 73.6 Å². The molecule has 0 fully saturated rings. The summed E-state index contributed by atoms with van der Waals surface area (Å²) in [5, 5.41) is 0. The highest BCUT2D eigenvalue weighted by Crippen LogP contribution is 2.21. The van der Waals surface area contributed by atoms with Gasteiger partial charge in [-0.1, -0.05) is 0 Å². The molecule has 20 heavy (non-hydrogen) atoms. The number of methoxy groups -OCH3 is 1. The standard InChI is InChI=1S/C14H14O5S/c1-18-9-12-7-11(15)8-14(19-12)10-3-5-13(6-4-10)20(2,16)17/h3-8H,9H2,1-2H3. The molecule has 0 spiro atoms. The number of hydrogen-bond donors (Lipinski definition) is 0. The van der Waals surface area contributed by atoms with Crippen molar-refractivity contribution in [1.29, 1.82) is 0 Å². The van der Waals surface area contributed by atoms with Crippen molar-refractivity contribution in [3.63, 3.8) is 0 Å².